The van der Waals surface area contributed by atoms with E-state index in [2.05, 4.69) is 4.74 Å². The summed E-state index contributed by atoms with van der Waals surface area (Å²) in [7, 11) is 1.68. The minimum atomic E-state index is 0. The summed E-state index contributed by atoms with van der Waals surface area (Å²) in [6.07, 6.45) is 0. The van der Waals surface area contributed by atoms with E-state index in [1.165, 1.54) is 0 Å². The number of methoxy groups -OCH3 is 1. The summed E-state index contributed by atoms with van der Waals surface area (Å²) in [6, 6.07) is 0. The second kappa shape index (κ2) is 8.87. The summed E-state index contributed by atoms with van der Waals surface area (Å²) >= 11 is 0. The summed E-state index contributed by atoms with van der Waals surface area (Å²) in [6.45, 7) is 2.78. The van der Waals surface area contributed by atoms with Gasteiger partial charge in [-0.3, -0.25) is 0 Å². The van der Waals surface area contributed by atoms with Crippen molar-refractivity contribution < 1.29 is 4.74 Å². The van der Waals surface area contributed by atoms with E-state index in [-0.39, 0.29) is 12.4 Å². The average molecular weight is 96.6 g/mol. The van der Waals surface area contributed by atoms with Crippen molar-refractivity contribution in [3.05, 3.63) is 0 Å². The van der Waals surface area contributed by atoms with Crippen LogP contribution in [0.5, 0.6) is 0 Å². The largest absolute Gasteiger partial charge is 0.385 e. The molecule has 0 aliphatic rings. The number of hydrogen-bond donors (Lipinski definition) is 0. The first-order valence-corrected chi connectivity index (χ1v) is 1.40. The number of hydrogen-bond acceptors (Lipinski definition) is 1. The maximum Gasteiger partial charge on any atom is 0.0433 e. The molecule has 0 aromatic heterocycles. The molecule has 0 rings (SSSR count). The van der Waals surface area contributed by atoms with Crippen molar-refractivity contribution in [2.45, 2.75) is 6.92 Å². The van der Waals surface area contributed by atoms with Gasteiger partial charge in [0.15, 0.2) is 0 Å². The average Bonchev–Trinajstić information content (AvgIpc) is 1.37. The Labute approximate surface area is 38.7 Å². The van der Waals surface area contributed by atoms with Gasteiger partial charge >= 0.3 is 0 Å². The zero-order valence-electron chi connectivity index (χ0n) is 3.52. The van der Waals surface area contributed by atoms with Crippen LogP contribution < -0.4 is 0 Å². The van der Waals surface area contributed by atoms with Gasteiger partial charge in [-0.1, -0.05) is 0 Å². The minimum Gasteiger partial charge on any atom is -0.385 e. The van der Waals surface area contributed by atoms with Gasteiger partial charge in [-0.05, 0) is 6.92 Å². The van der Waals surface area contributed by atoms with Gasteiger partial charge in [-0.15, -0.1) is 12.4 Å². The number of rotatable bonds is 1. The van der Waals surface area contributed by atoms with Crippen LogP contribution in [0, 0.1) is 0 Å². The van der Waals surface area contributed by atoms with Crippen molar-refractivity contribution >= 4 is 12.4 Å². The second-order valence-corrected chi connectivity index (χ2v) is 0.577. The summed E-state index contributed by atoms with van der Waals surface area (Å²) in [5.41, 5.74) is 0. The van der Waals surface area contributed by atoms with E-state index in [1.54, 1.807) is 7.11 Å². The van der Waals surface area contributed by atoms with Gasteiger partial charge in [-0.25, -0.2) is 0 Å². The molecule has 34 valence electrons. The van der Waals surface area contributed by atoms with Crippen LogP contribution in [-0.4, -0.2) is 13.7 Å². The molecule has 0 aromatic rings. The fraction of sp³-hybridized carbons (Fsp3) is 1.00. The number of ether oxygens (including phenoxy) is 1. The molecule has 0 fully saturated rings. The zero-order chi connectivity index (χ0) is 3.41. The van der Waals surface area contributed by atoms with E-state index < -0.39 is 0 Å². The molecule has 0 aliphatic carbocycles. The van der Waals surface area contributed by atoms with E-state index >= 15 is 0 Å². The molecule has 0 saturated heterocycles. The highest BCUT2D eigenvalue weighted by Gasteiger charge is 1.51. The van der Waals surface area contributed by atoms with Crippen molar-refractivity contribution in [3.8, 4) is 0 Å². The van der Waals surface area contributed by atoms with E-state index in [9.17, 15) is 0 Å². The topological polar surface area (TPSA) is 9.23 Å². The molecular weight excluding hydrogens is 87.5 g/mol. The Kier molecular flexibility index (Phi) is 15.9. The Morgan fingerprint density at radius 3 is 1.80 bits per heavy atom. The molecule has 0 N–H and O–H groups in total. The molecule has 0 unspecified atom stereocenters. The van der Waals surface area contributed by atoms with Crippen LogP contribution in [0.4, 0.5) is 0 Å². The van der Waals surface area contributed by atoms with Crippen LogP contribution >= 0.6 is 12.4 Å². The predicted molar refractivity (Wildman–Crippen MR) is 24.8 cm³/mol. The van der Waals surface area contributed by atoms with E-state index in [4.69, 9.17) is 0 Å². The first-order chi connectivity index (χ1) is 1.91. The summed E-state index contributed by atoms with van der Waals surface area (Å²) in [5, 5.41) is 0. The molecule has 0 aliphatic heterocycles. The molecule has 0 atom stereocenters. The van der Waals surface area contributed by atoms with Crippen molar-refractivity contribution in [1.29, 1.82) is 0 Å². The Morgan fingerprint density at radius 2 is 1.80 bits per heavy atom. The van der Waals surface area contributed by atoms with Gasteiger partial charge in [0.25, 0.3) is 0 Å². The van der Waals surface area contributed by atoms with Crippen LogP contribution in [0.3, 0.4) is 0 Å². The van der Waals surface area contributed by atoms with Gasteiger partial charge in [0, 0.05) is 13.7 Å². The molecule has 1 nitrogen and oxygen atoms in total. The predicted octanol–water partition coefficient (Wildman–Crippen LogP) is 1.07. The smallest absolute Gasteiger partial charge is 0.0433 e. The molecule has 0 heterocycles. The maximum atomic E-state index is 4.54. The van der Waals surface area contributed by atoms with Crippen LogP contribution in [0.25, 0.3) is 0 Å². The monoisotopic (exact) mass is 96.0 g/mol. The SMILES string of the molecule is CCOC.Cl. The molecule has 5 heavy (non-hydrogen) atoms. The molecule has 0 spiro atoms. The standard InChI is InChI=1S/C3H8O.ClH/c1-3-4-2;/h3H2,1-2H3;1H. The molecule has 0 radical (unpaired) electrons. The highest BCUT2D eigenvalue weighted by atomic mass is 35.5. The Morgan fingerprint density at radius 1 is 1.60 bits per heavy atom. The quantitative estimate of drug-likeness (QED) is 0.475. The van der Waals surface area contributed by atoms with E-state index in [0.717, 1.165) is 6.61 Å². The van der Waals surface area contributed by atoms with Crippen molar-refractivity contribution in [2.24, 2.45) is 0 Å². The Hall–Kier alpha value is 0.250. The maximum absolute atomic E-state index is 4.54. The molecular formula is C3H9ClO. The first kappa shape index (κ1) is 8.98. The first-order valence-electron chi connectivity index (χ1n) is 1.40. The van der Waals surface area contributed by atoms with Crippen LogP contribution in [0.15, 0.2) is 0 Å². The fourth-order valence-electron chi connectivity index (χ4n) is 0. The van der Waals surface area contributed by atoms with Gasteiger partial charge in [0.2, 0.25) is 0 Å². The molecule has 2 heteroatoms. The highest BCUT2D eigenvalue weighted by molar-refractivity contribution is 5.85. The normalized spacial score (nSPS) is 6.00. The third-order valence-corrected chi connectivity index (χ3v) is 0.289. The second-order valence-electron chi connectivity index (χ2n) is 0.577. The highest BCUT2D eigenvalue weighted by Crippen LogP contribution is 1.52. The third kappa shape index (κ3) is 13.8. The molecule has 0 bridgehead atoms. The summed E-state index contributed by atoms with van der Waals surface area (Å²) in [5.74, 6) is 0. The van der Waals surface area contributed by atoms with E-state index in [1.807, 2.05) is 6.92 Å². The summed E-state index contributed by atoms with van der Waals surface area (Å²) < 4.78 is 4.54. The van der Waals surface area contributed by atoms with Crippen molar-refractivity contribution in [3.63, 3.8) is 0 Å². The zero-order valence-corrected chi connectivity index (χ0v) is 4.34. The Balaban J connectivity index is 0. The van der Waals surface area contributed by atoms with Gasteiger partial charge < -0.3 is 4.74 Å². The van der Waals surface area contributed by atoms with Crippen molar-refractivity contribution in [2.75, 3.05) is 13.7 Å². The fourth-order valence-corrected chi connectivity index (χ4v) is 0. The van der Waals surface area contributed by atoms with Gasteiger partial charge in [0.1, 0.15) is 0 Å². The minimum absolute atomic E-state index is 0. The third-order valence-electron chi connectivity index (χ3n) is 0.289. The van der Waals surface area contributed by atoms with Gasteiger partial charge in [0.05, 0.1) is 0 Å². The van der Waals surface area contributed by atoms with Crippen LogP contribution in [0.1, 0.15) is 6.92 Å². The van der Waals surface area contributed by atoms with Crippen LogP contribution in [0.2, 0.25) is 0 Å². The molecule has 0 amide bonds. The van der Waals surface area contributed by atoms with Gasteiger partial charge in [-0.2, -0.15) is 0 Å². The summed E-state index contributed by atoms with van der Waals surface area (Å²) in [4.78, 5) is 0. The Bertz CT molecular complexity index is 8.85. The lowest BCUT2D eigenvalue weighted by Crippen LogP contribution is -1.73. The van der Waals surface area contributed by atoms with Crippen molar-refractivity contribution in [1.82, 2.24) is 0 Å². The van der Waals surface area contributed by atoms with E-state index in [0.29, 0.717) is 0 Å². The molecule has 0 aromatic carbocycles. The number of halogens is 1. The van der Waals surface area contributed by atoms with Crippen LogP contribution in [-0.2, 0) is 4.74 Å². The lowest BCUT2D eigenvalue weighted by molar-refractivity contribution is 0.215. The lowest BCUT2D eigenvalue weighted by atomic mass is 10.9. The lowest BCUT2D eigenvalue weighted by Gasteiger charge is -1.76. The molecule has 0 saturated carbocycles.